The van der Waals surface area contributed by atoms with Gasteiger partial charge in [-0.15, -0.1) is 0 Å². The molecule has 2 aromatic rings. The second-order valence-electron chi connectivity index (χ2n) is 7.35. The number of benzene rings is 1. The predicted molar refractivity (Wildman–Crippen MR) is 103 cm³/mol. The van der Waals surface area contributed by atoms with Crippen LogP contribution in [0, 0.1) is 17.3 Å². The first-order valence-corrected chi connectivity index (χ1v) is 9.53. The van der Waals surface area contributed by atoms with Crippen LogP contribution in [0.4, 0.5) is 0 Å². The molecule has 2 aliphatic carbocycles. The van der Waals surface area contributed by atoms with E-state index in [9.17, 15) is 9.90 Å². The van der Waals surface area contributed by atoms with Gasteiger partial charge in [0.25, 0.3) is 0 Å². The SMILES string of the molecule is COC(C1C=C(Br)C=CC1(C)C1CC1)n1ncc2cc(C(=O)O)ccc21. The molecule has 1 heterocycles. The number of rotatable bonds is 5. The van der Waals surface area contributed by atoms with E-state index in [1.165, 1.54) is 12.8 Å². The zero-order valence-corrected chi connectivity index (χ0v) is 16.3. The number of carbonyl (C=O) groups is 1. The van der Waals surface area contributed by atoms with Crippen LogP contribution < -0.4 is 0 Å². The van der Waals surface area contributed by atoms with Crippen molar-refractivity contribution in [2.45, 2.75) is 26.0 Å². The lowest BCUT2D eigenvalue weighted by Gasteiger charge is -2.40. The van der Waals surface area contributed by atoms with Crippen LogP contribution in [0.2, 0.25) is 0 Å². The average Bonchev–Trinajstić information content (AvgIpc) is 3.40. The number of fused-ring (bicyclic) bond motifs is 1. The molecule has 1 N–H and O–H groups in total. The van der Waals surface area contributed by atoms with Crippen LogP contribution in [-0.2, 0) is 4.74 Å². The van der Waals surface area contributed by atoms with Gasteiger partial charge in [-0.2, -0.15) is 5.10 Å². The van der Waals surface area contributed by atoms with Crippen molar-refractivity contribution in [1.29, 1.82) is 0 Å². The molecule has 5 nitrogen and oxygen atoms in total. The molecule has 1 saturated carbocycles. The van der Waals surface area contributed by atoms with E-state index in [0.29, 0.717) is 5.92 Å². The summed E-state index contributed by atoms with van der Waals surface area (Å²) in [6, 6.07) is 5.08. The molecule has 3 unspecified atom stereocenters. The number of methoxy groups -OCH3 is 1. The summed E-state index contributed by atoms with van der Waals surface area (Å²) >= 11 is 3.61. The van der Waals surface area contributed by atoms with Crippen LogP contribution in [0.25, 0.3) is 10.9 Å². The summed E-state index contributed by atoms with van der Waals surface area (Å²) in [5.41, 5.74) is 1.15. The minimum atomic E-state index is -0.937. The maximum Gasteiger partial charge on any atom is 0.335 e. The predicted octanol–water partition coefficient (Wildman–Crippen LogP) is 4.76. The summed E-state index contributed by atoms with van der Waals surface area (Å²) in [6.45, 7) is 2.29. The summed E-state index contributed by atoms with van der Waals surface area (Å²) in [6.07, 6.45) is 10.5. The number of carboxylic acids is 1. The lowest BCUT2D eigenvalue weighted by Crippen LogP contribution is -2.36. The Morgan fingerprint density at radius 1 is 1.46 bits per heavy atom. The lowest BCUT2D eigenvalue weighted by atomic mass is 9.69. The van der Waals surface area contributed by atoms with E-state index in [1.807, 2.05) is 10.7 Å². The highest BCUT2D eigenvalue weighted by Gasteiger charge is 2.49. The first-order valence-electron chi connectivity index (χ1n) is 8.74. The van der Waals surface area contributed by atoms with Gasteiger partial charge in [0.15, 0.2) is 6.23 Å². The molecule has 2 aliphatic rings. The Labute approximate surface area is 160 Å². The van der Waals surface area contributed by atoms with E-state index >= 15 is 0 Å². The van der Waals surface area contributed by atoms with Gasteiger partial charge in [-0.25, -0.2) is 9.48 Å². The maximum atomic E-state index is 11.2. The first kappa shape index (κ1) is 17.5. The van der Waals surface area contributed by atoms with E-state index < -0.39 is 5.97 Å². The van der Waals surface area contributed by atoms with Crippen molar-refractivity contribution in [3.8, 4) is 0 Å². The highest BCUT2D eigenvalue weighted by atomic mass is 79.9. The highest BCUT2D eigenvalue weighted by Crippen LogP contribution is 2.56. The number of ether oxygens (including phenoxy) is 1. The summed E-state index contributed by atoms with van der Waals surface area (Å²) in [4.78, 5) is 11.2. The third kappa shape index (κ3) is 2.81. The van der Waals surface area contributed by atoms with Crippen LogP contribution >= 0.6 is 15.9 Å². The Balaban J connectivity index is 1.78. The van der Waals surface area contributed by atoms with Crippen LogP contribution in [0.1, 0.15) is 36.4 Å². The topological polar surface area (TPSA) is 64.4 Å². The number of aromatic nitrogens is 2. The van der Waals surface area contributed by atoms with E-state index in [1.54, 1.807) is 25.4 Å². The molecule has 0 bridgehead atoms. The van der Waals surface area contributed by atoms with Crippen LogP contribution in [0.5, 0.6) is 0 Å². The zero-order valence-electron chi connectivity index (χ0n) is 14.7. The Morgan fingerprint density at radius 2 is 2.23 bits per heavy atom. The normalized spacial score (nSPS) is 26.7. The molecule has 1 fully saturated rings. The van der Waals surface area contributed by atoms with Gasteiger partial charge in [-0.3, -0.25) is 0 Å². The van der Waals surface area contributed by atoms with Crippen molar-refractivity contribution in [3.05, 3.63) is 52.7 Å². The molecular formula is C20H21BrN2O3. The quantitative estimate of drug-likeness (QED) is 0.762. The summed E-state index contributed by atoms with van der Waals surface area (Å²) in [5.74, 6) is -0.158. The molecule has 1 aromatic heterocycles. The summed E-state index contributed by atoms with van der Waals surface area (Å²) in [5, 5.41) is 14.5. The van der Waals surface area contributed by atoms with Gasteiger partial charge < -0.3 is 9.84 Å². The van der Waals surface area contributed by atoms with Gasteiger partial charge in [0, 0.05) is 22.9 Å². The molecule has 4 rings (SSSR count). The van der Waals surface area contributed by atoms with Crippen LogP contribution in [0.15, 0.2) is 47.1 Å². The minimum Gasteiger partial charge on any atom is -0.478 e. The van der Waals surface area contributed by atoms with E-state index in [-0.39, 0.29) is 23.1 Å². The van der Waals surface area contributed by atoms with Gasteiger partial charge in [0.2, 0.25) is 0 Å². The summed E-state index contributed by atoms with van der Waals surface area (Å²) < 4.78 is 8.85. The smallest absolute Gasteiger partial charge is 0.335 e. The molecule has 0 radical (unpaired) electrons. The molecule has 0 amide bonds. The van der Waals surface area contributed by atoms with Gasteiger partial charge >= 0.3 is 5.97 Å². The molecular weight excluding hydrogens is 396 g/mol. The first-order chi connectivity index (χ1) is 12.4. The maximum absolute atomic E-state index is 11.2. The monoisotopic (exact) mass is 416 g/mol. The number of carboxylic acid groups (broad SMARTS) is 1. The Kier molecular flexibility index (Phi) is 4.28. The number of hydrogen-bond donors (Lipinski definition) is 1. The van der Waals surface area contributed by atoms with Gasteiger partial charge in [0.1, 0.15) is 0 Å². The molecule has 0 aliphatic heterocycles. The number of halogens is 1. The third-order valence-corrected chi connectivity index (χ3v) is 6.28. The molecule has 6 heteroatoms. The number of aromatic carboxylic acids is 1. The third-order valence-electron chi connectivity index (χ3n) is 5.75. The van der Waals surface area contributed by atoms with E-state index in [0.717, 1.165) is 15.4 Å². The van der Waals surface area contributed by atoms with Crippen molar-refractivity contribution in [2.75, 3.05) is 7.11 Å². The molecule has 0 saturated heterocycles. The second kappa shape index (κ2) is 6.35. The average molecular weight is 417 g/mol. The zero-order chi connectivity index (χ0) is 18.5. The molecule has 26 heavy (non-hydrogen) atoms. The summed E-state index contributed by atoms with van der Waals surface area (Å²) in [7, 11) is 1.71. The number of nitrogens with zero attached hydrogens (tertiary/aromatic N) is 2. The van der Waals surface area contributed by atoms with Crippen molar-refractivity contribution in [3.63, 3.8) is 0 Å². The highest BCUT2D eigenvalue weighted by molar-refractivity contribution is 9.11. The van der Waals surface area contributed by atoms with Crippen molar-refractivity contribution < 1.29 is 14.6 Å². The fourth-order valence-corrected chi connectivity index (χ4v) is 4.48. The molecule has 0 spiro atoms. The van der Waals surface area contributed by atoms with Gasteiger partial charge in [-0.05, 0) is 42.4 Å². The molecule has 1 aromatic carbocycles. The Morgan fingerprint density at radius 3 is 2.88 bits per heavy atom. The van der Waals surface area contributed by atoms with Gasteiger partial charge in [0.05, 0.1) is 17.3 Å². The van der Waals surface area contributed by atoms with Gasteiger partial charge in [-0.1, -0.05) is 41.1 Å². The largest absolute Gasteiger partial charge is 0.478 e. The Bertz CT molecular complexity index is 928. The molecule has 136 valence electrons. The minimum absolute atomic E-state index is 0.0111. The van der Waals surface area contributed by atoms with Crippen LogP contribution in [0.3, 0.4) is 0 Å². The molecule has 3 atom stereocenters. The fourth-order valence-electron chi connectivity index (χ4n) is 4.07. The number of hydrogen-bond acceptors (Lipinski definition) is 3. The van der Waals surface area contributed by atoms with Crippen molar-refractivity contribution in [2.24, 2.45) is 17.3 Å². The number of allylic oxidation sites excluding steroid dienone is 3. The standard InChI is InChI=1S/C20H21BrN2O3/c1-20(14-4-5-14)8-7-15(21)10-16(20)18(26-2)23-17-6-3-12(19(24)25)9-13(17)11-22-23/h3,6-11,14,16,18H,4-5H2,1-2H3,(H,24,25). The second-order valence-corrected chi connectivity index (χ2v) is 8.26. The lowest BCUT2D eigenvalue weighted by molar-refractivity contribution is -0.0336. The Hall–Kier alpha value is -1.92. The van der Waals surface area contributed by atoms with Crippen LogP contribution in [-0.4, -0.2) is 28.0 Å². The van der Waals surface area contributed by atoms with Crippen molar-refractivity contribution >= 4 is 32.8 Å². The van der Waals surface area contributed by atoms with Crippen molar-refractivity contribution in [1.82, 2.24) is 9.78 Å². The van der Waals surface area contributed by atoms with E-state index in [2.05, 4.69) is 46.2 Å². The fraction of sp³-hybridized carbons (Fsp3) is 0.400. The van der Waals surface area contributed by atoms with E-state index in [4.69, 9.17) is 4.74 Å².